The van der Waals surface area contributed by atoms with E-state index < -0.39 is 7.60 Å². The molecule has 2 aromatic rings. The number of benzene rings is 1. The van der Waals surface area contributed by atoms with Gasteiger partial charge in [0.1, 0.15) is 16.9 Å². The quantitative estimate of drug-likeness (QED) is 0.646. The van der Waals surface area contributed by atoms with Crippen molar-refractivity contribution in [2.24, 2.45) is 0 Å². The maximum absolute atomic E-state index is 12.3. The Balaban J connectivity index is 2.33. The second kappa shape index (κ2) is 6.22. The van der Waals surface area contributed by atoms with Crippen LogP contribution in [0.3, 0.4) is 0 Å². The fraction of sp³-hybridized carbons (Fsp3) is 0.231. The van der Waals surface area contributed by atoms with Gasteiger partial charge in [0.15, 0.2) is 0 Å². The van der Waals surface area contributed by atoms with Gasteiger partial charge in [-0.2, -0.15) is 5.10 Å². The number of hydrogen-bond acceptors (Lipinski definition) is 6. The van der Waals surface area contributed by atoms with Crippen LogP contribution in [0.2, 0.25) is 0 Å². The second-order valence-electron chi connectivity index (χ2n) is 4.06. The largest absolute Gasteiger partial charge is 0.497 e. The van der Waals surface area contributed by atoms with E-state index in [2.05, 4.69) is 10.2 Å². The first-order valence-corrected chi connectivity index (χ1v) is 7.54. The number of hydrogen-bond donors (Lipinski definition) is 1. The molecule has 8 heteroatoms. The van der Waals surface area contributed by atoms with Crippen molar-refractivity contribution >= 4 is 18.8 Å². The highest BCUT2D eigenvalue weighted by atomic mass is 31.2. The zero-order valence-corrected chi connectivity index (χ0v) is 12.7. The number of nitrogens with zero attached hydrogens (tertiary/aromatic N) is 1. The number of carbonyl (C=O) groups is 1. The van der Waals surface area contributed by atoms with Gasteiger partial charge in [0.2, 0.25) is 5.78 Å². The summed E-state index contributed by atoms with van der Waals surface area (Å²) in [5, 5.41) is 6.37. The van der Waals surface area contributed by atoms with E-state index in [1.54, 1.807) is 24.3 Å². The average molecular weight is 310 g/mol. The lowest BCUT2D eigenvalue weighted by molar-refractivity contribution is 0.103. The van der Waals surface area contributed by atoms with Crippen LogP contribution in [0.5, 0.6) is 5.75 Å². The number of ketones is 1. The minimum Gasteiger partial charge on any atom is -0.497 e. The van der Waals surface area contributed by atoms with Gasteiger partial charge in [0, 0.05) is 25.8 Å². The molecule has 1 heterocycles. The van der Waals surface area contributed by atoms with Gasteiger partial charge in [-0.25, -0.2) is 0 Å². The van der Waals surface area contributed by atoms with Gasteiger partial charge in [-0.3, -0.25) is 14.5 Å². The standard InChI is InChI=1S/C13H15N2O5P/c1-18-10-6-4-5-9(7-10)13(16)11-8-12(15-14-11)21(17,19-2)20-3/h4-8H,1-3H3,(H,14,15). The van der Waals surface area contributed by atoms with E-state index in [9.17, 15) is 9.36 Å². The Hall–Kier alpha value is -1.95. The first-order valence-electron chi connectivity index (χ1n) is 6.00. The number of H-pyrrole nitrogens is 1. The number of ether oxygens (including phenoxy) is 1. The van der Waals surface area contributed by atoms with E-state index in [4.69, 9.17) is 13.8 Å². The first kappa shape index (κ1) is 15.4. The Kier molecular flexibility index (Phi) is 4.57. The molecule has 7 nitrogen and oxygen atoms in total. The smallest absolute Gasteiger partial charge is 0.378 e. The number of rotatable bonds is 6. The normalized spacial score (nSPS) is 11.4. The molecule has 2 rings (SSSR count). The molecule has 0 atom stereocenters. The van der Waals surface area contributed by atoms with Crippen LogP contribution in [0.4, 0.5) is 0 Å². The van der Waals surface area contributed by atoms with Crippen LogP contribution in [0.25, 0.3) is 0 Å². The summed E-state index contributed by atoms with van der Waals surface area (Å²) in [6, 6.07) is 8.04. The van der Waals surface area contributed by atoms with Gasteiger partial charge in [-0.1, -0.05) is 12.1 Å². The van der Waals surface area contributed by atoms with Crippen LogP contribution >= 0.6 is 7.60 Å². The van der Waals surface area contributed by atoms with E-state index >= 15 is 0 Å². The molecule has 0 saturated carbocycles. The minimum absolute atomic E-state index is 0.118. The fourth-order valence-corrected chi connectivity index (χ4v) is 2.75. The monoisotopic (exact) mass is 310 g/mol. The van der Waals surface area contributed by atoms with E-state index in [1.807, 2.05) is 0 Å². The predicted octanol–water partition coefficient (Wildman–Crippen LogP) is 1.76. The van der Waals surface area contributed by atoms with E-state index in [1.165, 1.54) is 27.4 Å². The molecule has 1 aromatic carbocycles. The third-order valence-electron chi connectivity index (χ3n) is 2.90. The van der Waals surface area contributed by atoms with Crippen LogP contribution in [0.15, 0.2) is 30.3 Å². The molecule has 0 saturated heterocycles. The predicted molar refractivity (Wildman–Crippen MR) is 76.3 cm³/mol. The topological polar surface area (TPSA) is 90.5 Å². The third-order valence-corrected chi connectivity index (χ3v) is 4.69. The lowest BCUT2D eigenvalue weighted by Crippen LogP contribution is -2.08. The second-order valence-corrected chi connectivity index (χ2v) is 6.27. The minimum atomic E-state index is -3.45. The maximum Gasteiger partial charge on any atom is 0.378 e. The van der Waals surface area contributed by atoms with Crippen molar-refractivity contribution in [2.45, 2.75) is 0 Å². The highest BCUT2D eigenvalue weighted by Gasteiger charge is 2.28. The number of methoxy groups -OCH3 is 1. The molecule has 0 radical (unpaired) electrons. The van der Waals surface area contributed by atoms with Gasteiger partial charge in [0.05, 0.1) is 7.11 Å². The Morgan fingerprint density at radius 3 is 2.52 bits per heavy atom. The summed E-state index contributed by atoms with van der Waals surface area (Å²) in [4.78, 5) is 12.3. The summed E-state index contributed by atoms with van der Waals surface area (Å²) in [5.41, 5.74) is 0.656. The molecule has 0 amide bonds. The van der Waals surface area contributed by atoms with Crippen molar-refractivity contribution in [2.75, 3.05) is 21.3 Å². The third kappa shape index (κ3) is 3.05. The van der Waals surface area contributed by atoms with Crippen molar-refractivity contribution in [1.82, 2.24) is 10.2 Å². The summed E-state index contributed by atoms with van der Waals surface area (Å²) in [7, 11) is 0.581. The SMILES string of the molecule is COc1cccc(C(=O)c2cc(P(=O)(OC)OC)[nH]n2)c1. The molecule has 0 unspecified atom stereocenters. The van der Waals surface area contributed by atoms with Crippen molar-refractivity contribution in [3.05, 3.63) is 41.6 Å². The molecular weight excluding hydrogens is 295 g/mol. The first-order chi connectivity index (χ1) is 10.0. The Labute approximate surface area is 121 Å². The Morgan fingerprint density at radius 1 is 1.19 bits per heavy atom. The molecule has 0 spiro atoms. The summed E-state index contributed by atoms with van der Waals surface area (Å²) in [6.07, 6.45) is 0. The van der Waals surface area contributed by atoms with Crippen molar-refractivity contribution < 1.29 is 23.1 Å². The van der Waals surface area contributed by atoms with Gasteiger partial charge in [-0.15, -0.1) is 0 Å². The Morgan fingerprint density at radius 2 is 1.90 bits per heavy atom. The maximum atomic E-state index is 12.3. The van der Waals surface area contributed by atoms with E-state index in [0.717, 1.165) is 0 Å². The summed E-state index contributed by atoms with van der Waals surface area (Å²) in [5.74, 6) is 0.242. The molecule has 112 valence electrons. The van der Waals surface area contributed by atoms with Gasteiger partial charge in [0.25, 0.3) is 0 Å². The fourth-order valence-electron chi connectivity index (χ4n) is 1.75. The van der Waals surface area contributed by atoms with Gasteiger partial charge in [-0.05, 0) is 12.1 Å². The molecule has 0 fully saturated rings. The number of aromatic amines is 1. The van der Waals surface area contributed by atoms with Crippen molar-refractivity contribution in [3.8, 4) is 5.75 Å². The highest BCUT2D eigenvalue weighted by molar-refractivity contribution is 7.61. The molecule has 0 aliphatic rings. The summed E-state index contributed by atoms with van der Waals surface area (Å²) < 4.78 is 26.9. The van der Waals surface area contributed by atoms with E-state index in [0.29, 0.717) is 11.3 Å². The molecule has 0 bridgehead atoms. The van der Waals surface area contributed by atoms with E-state index in [-0.39, 0.29) is 16.9 Å². The lowest BCUT2D eigenvalue weighted by atomic mass is 10.1. The lowest BCUT2D eigenvalue weighted by Gasteiger charge is -2.09. The van der Waals surface area contributed by atoms with Crippen LogP contribution in [0, 0.1) is 0 Å². The van der Waals surface area contributed by atoms with Crippen LogP contribution in [0.1, 0.15) is 16.1 Å². The zero-order valence-electron chi connectivity index (χ0n) is 11.8. The van der Waals surface area contributed by atoms with Crippen molar-refractivity contribution in [1.29, 1.82) is 0 Å². The van der Waals surface area contributed by atoms with Crippen LogP contribution in [-0.2, 0) is 13.6 Å². The molecule has 1 N–H and O–H groups in total. The molecule has 1 aromatic heterocycles. The highest BCUT2D eigenvalue weighted by Crippen LogP contribution is 2.44. The van der Waals surface area contributed by atoms with Crippen LogP contribution in [-0.4, -0.2) is 37.3 Å². The number of nitrogens with one attached hydrogen (secondary N) is 1. The molecule has 0 aliphatic carbocycles. The summed E-state index contributed by atoms with van der Waals surface area (Å²) in [6.45, 7) is 0. The molecule has 0 aliphatic heterocycles. The summed E-state index contributed by atoms with van der Waals surface area (Å²) >= 11 is 0. The molecular formula is C13H15N2O5P. The van der Waals surface area contributed by atoms with Gasteiger partial charge >= 0.3 is 7.60 Å². The average Bonchev–Trinajstić information content (AvgIpc) is 3.04. The van der Waals surface area contributed by atoms with Crippen molar-refractivity contribution in [3.63, 3.8) is 0 Å². The van der Waals surface area contributed by atoms with Crippen LogP contribution < -0.4 is 10.2 Å². The number of carbonyl (C=O) groups excluding carboxylic acids is 1. The van der Waals surface area contributed by atoms with Gasteiger partial charge < -0.3 is 13.8 Å². The molecule has 21 heavy (non-hydrogen) atoms. The Bertz CT molecular complexity index is 689. The zero-order chi connectivity index (χ0) is 15.5. The number of aromatic nitrogens is 2.